The molecule has 3 nitrogen and oxygen atoms in total. The Kier molecular flexibility index (Phi) is 5.06. The van der Waals surface area contributed by atoms with Gasteiger partial charge in [-0.2, -0.15) is 0 Å². The van der Waals surface area contributed by atoms with Crippen LogP contribution in [0.3, 0.4) is 0 Å². The monoisotopic (exact) mass is 323 g/mol. The van der Waals surface area contributed by atoms with Crippen LogP contribution in [0.5, 0.6) is 0 Å². The number of hydrogen-bond donors (Lipinski definition) is 1. The number of nitrogens with zero attached hydrogens (tertiary/aromatic N) is 2. The molecule has 0 atom stereocenters. The van der Waals surface area contributed by atoms with Crippen molar-refractivity contribution >= 4 is 16.6 Å². The van der Waals surface area contributed by atoms with E-state index in [4.69, 9.17) is 0 Å². The standard InChI is InChI=1S/C20H22FN3/c1-24(2)13-7-12-22-19-14-20(15-8-3-5-10-17(15)21)23-18-11-6-4-9-16(18)19/h3-6,8-11,14H,7,12-13H2,1-2H3,(H,22,23). The number of benzene rings is 2. The molecule has 0 unspecified atom stereocenters. The highest BCUT2D eigenvalue weighted by molar-refractivity contribution is 5.93. The van der Waals surface area contributed by atoms with Gasteiger partial charge in [0, 0.05) is 23.2 Å². The van der Waals surface area contributed by atoms with Gasteiger partial charge in [0.15, 0.2) is 0 Å². The first-order valence-corrected chi connectivity index (χ1v) is 8.18. The van der Waals surface area contributed by atoms with Gasteiger partial charge in [-0.05, 0) is 51.3 Å². The first kappa shape index (κ1) is 16.4. The van der Waals surface area contributed by atoms with Gasteiger partial charge in [0.2, 0.25) is 0 Å². The maximum Gasteiger partial charge on any atom is 0.132 e. The molecule has 0 aliphatic carbocycles. The number of halogens is 1. The van der Waals surface area contributed by atoms with E-state index < -0.39 is 0 Å². The lowest BCUT2D eigenvalue weighted by molar-refractivity contribution is 0.405. The van der Waals surface area contributed by atoms with Crippen molar-refractivity contribution in [2.75, 3.05) is 32.5 Å². The lowest BCUT2D eigenvalue weighted by Crippen LogP contribution is -2.16. The molecule has 24 heavy (non-hydrogen) atoms. The summed E-state index contributed by atoms with van der Waals surface area (Å²) >= 11 is 0. The fourth-order valence-corrected chi connectivity index (χ4v) is 2.75. The van der Waals surface area contributed by atoms with E-state index >= 15 is 0 Å². The van der Waals surface area contributed by atoms with Crippen molar-refractivity contribution in [3.63, 3.8) is 0 Å². The van der Waals surface area contributed by atoms with Gasteiger partial charge in [-0.3, -0.25) is 0 Å². The smallest absolute Gasteiger partial charge is 0.132 e. The van der Waals surface area contributed by atoms with Gasteiger partial charge in [-0.25, -0.2) is 9.37 Å². The van der Waals surface area contributed by atoms with Crippen LogP contribution in [0.1, 0.15) is 6.42 Å². The summed E-state index contributed by atoms with van der Waals surface area (Å²) in [4.78, 5) is 6.80. The molecule has 0 saturated carbocycles. The largest absolute Gasteiger partial charge is 0.384 e. The second kappa shape index (κ2) is 7.41. The van der Waals surface area contributed by atoms with E-state index in [1.807, 2.05) is 36.4 Å². The number of anilines is 1. The Hall–Kier alpha value is -2.46. The third-order valence-electron chi connectivity index (χ3n) is 3.96. The second-order valence-electron chi connectivity index (χ2n) is 6.14. The summed E-state index contributed by atoms with van der Waals surface area (Å²) in [7, 11) is 4.14. The Morgan fingerprint density at radius 3 is 2.58 bits per heavy atom. The molecule has 0 aliphatic rings. The van der Waals surface area contributed by atoms with E-state index in [2.05, 4.69) is 29.3 Å². The molecule has 0 radical (unpaired) electrons. The average Bonchev–Trinajstić information content (AvgIpc) is 2.58. The van der Waals surface area contributed by atoms with Crippen molar-refractivity contribution in [3.05, 3.63) is 60.4 Å². The molecular weight excluding hydrogens is 301 g/mol. The molecule has 0 saturated heterocycles. The van der Waals surface area contributed by atoms with E-state index in [1.165, 1.54) is 6.07 Å². The molecule has 3 aromatic rings. The van der Waals surface area contributed by atoms with Crippen LogP contribution in [0.4, 0.5) is 10.1 Å². The van der Waals surface area contributed by atoms with Gasteiger partial charge < -0.3 is 10.2 Å². The topological polar surface area (TPSA) is 28.2 Å². The Morgan fingerprint density at radius 2 is 1.79 bits per heavy atom. The second-order valence-corrected chi connectivity index (χ2v) is 6.14. The van der Waals surface area contributed by atoms with Crippen molar-refractivity contribution in [2.24, 2.45) is 0 Å². The molecule has 2 aromatic carbocycles. The Balaban J connectivity index is 1.96. The summed E-state index contributed by atoms with van der Waals surface area (Å²) in [5.74, 6) is -0.251. The van der Waals surface area contributed by atoms with Gasteiger partial charge >= 0.3 is 0 Å². The fraction of sp³-hybridized carbons (Fsp3) is 0.250. The normalized spacial score (nSPS) is 11.2. The van der Waals surface area contributed by atoms with E-state index in [0.717, 1.165) is 36.1 Å². The highest BCUT2D eigenvalue weighted by Gasteiger charge is 2.10. The minimum absolute atomic E-state index is 0.251. The van der Waals surface area contributed by atoms with Gasteiger partial charge in [0.25, 0.3) is 0 Å². The van der Waals surface area contributed by atoms with Gasteiger partial charge in [0.05, 0.1) is 11.2 Å². The van der Waals surface area contributed by atoms with Crippen molar-refractivity contribution in [1.29, 1.82) is 0 Å². The van der Waals surface area contributed by atoms with Crippen molar-refractivity contribution in [3.8, 4) is 11.3 Å². The number of para-hydroxylation sites is 1. The molecule has 0 aliphatic heterocycles. The lowest BCUT2D eigenvalue weighted by atomic mass is 10.1. The molecule has 1 N–H and O–H groups in total. The quantitative estimate of drug-likeness (QED) is 0.681. The predicted molar refractivity (Wildman–Crippen MR) is 98.8 cm³/mol. The van der Waals surface area contributed by atoms with Crippen molar-refractivity contribution < 1.29 is 4.39 Å². The van der Waals surface area contributed by atoms with Crippen LogP contribution in [0.15, 0.2) is 54.6 Å². The van der Waals surface area contributed by atoms with E-state index in [9.17, 15) is 4.39 Å². The average molecular weight is 323 g/mol. The predicted octanol–water partition coefficient (Wildman–Crippen LogP) is 4.40. The van der Waals surface area contributed by atoms with E-state index in [0.29, 0.717) is 11.3 Å². The molecule has 0 bridgehead atoms. The third-order valence-corrected chi connectivity index (χ3v) is 3.96. The van der Waals surface area contributed by atoms with E-state index in [-0.39, 0.29) is 5.82 Å². The molecule has 0 amide bonds. The van der Waals surface area contributed by atoms with E-state index in [1.54, 1.807) is 12.1 Å². The number of pyridine rings is 1. The Labute approximate surface area is 142 Å². The van der Waals surface area contributed by atoms with Gasteiger partial charge in [-0.1, -0.05) is 30.3 Å². The van der Waals surface area contributed by atoms with Crippen molar-refractivity contribution in [1.82, 2.24) is 9.88 Å². The minimum Gasteiger partial charge on any atom is -0.384 e. The molecular formula is C20H22FN3. The summed E-state index contributed by atoms with van der Waals surface area (Å²) in [5, 5.41) is 4.54. The number of rotatable bonds is 6. The highest BCUT2D eigenvalue weighted by Crippen LogP contribution is 2.29. The SMILES string of the molecule is CN(C)CCCNc1cc(-c2ccccc2F)nc2ccccc12. The molecule has 4 heteroatoms. The Bertz CT molecular complexity index is 830. The lowest BCUT2D eigenvalue weighted by Gasteiger charge is -2.14. The summed E-state index contributed by atoms with van der Waals surface area (Å²) in [5.41, 5.74) is 3.05. The van der Waals surface area contributed by atoms with Gasteiger partial charge in [-0.15, -0.1) is 0 Å². The van der Waals surface area contributed by atoms with Crippen LogP contribution in [-0.4, -0.2) is 37.1 Å². The highest BCUT2D eigenvalue weighted by atomic mass is 19.1. The third kappa shape index (κ3) is 3.71. The zero-order chi connectivity index (χ0) is 16.9. The molecule has 1 aromatic heterocycles. The van der Waals surface area contributed by atoms with Crippen LogP contribution in [0.25, 0.3) is 22.2 Å². The van der Waals surface area contributed by atoms with Crippen LogP contribution < -0.4 is 5.32 Å². The summed E-state index contributed by atoms with van der Waals surface area (Å²) < 4.78 is 14.1. The fourth-order valence-electron chi connectivity index (χ4n) is 2.75. The summed E-state index contributed by atoms with van der Waals surface area (Å²) in [6, 6.07) is 16.7. The molecule has 124 valence electrons. The maximum absolute atomic E-state index is 14.1. The van der Waals surface area contributed by atoms with Gasteiger partial charge in [0.1, 0.15) is 5.82 Å². The summed E-state index contributed by atoms with van der Waals surface area (Å²) in [6.07, 6.45) is 1.04. The Morgan fingerprint density at radius 1 is 1.04 bits per heavy atom. The van der Waals surface area contributed by atoms with Crippen LogP contribution in [0.2, 0.25) is 0 Å². The zero-order valence-electron chi connectivity index (χ0n) is 14.1. The molecule has 1 heterocycles. The molecule has 0 fully saturated rings. The molecule has 0 spiro atoms. The van der Waals surface area contributed by atoms with Crippen LogP contribution >= 0.6 is 0 Å². The molecule has 3 rings (SSSR count). The number of hydrogen-bond acceptors (Lipinski definition) is 3. The van der Waals surface area contributed by atoms with Crippen molar-refractivity contribution in [2.45, 2.75) is 6.42 Å². The first-order valence-electron chi connectivity index (χ1n) is 8.18. The van der Waals surface area contributed by atoms with Crippen LogP contribution in [0, 0.1) is 5.82 Å². The van der Waals surface area contributed by atoms with Crippen LogP contribution in [-0.2, 0) is 0 Å². The maximum atomic E-state index is 14.1. The number of aromatic nitrogens is 1. The number of fused-ring (bicyclic) bond motifs is 1. The minimum atomic E-state index is -0.251. The summed E-state index contributed by atoms with van der Waals surface area (Å²) in [6.45, 7) is 1.89. The zero-order valence-corrected chi connectivity index (χ0v) is 14.1. The first-order chi connectivity index (χ1) is 11.6. The number of nitrogens with one attached hydrogen (secondary N) is 1.